The quantitative estimate of drug-likeness (QED) is 0.550. The molecule has 1 unspecified atom stereocenters. The number of ether oxygens (including phenoxy) is 1. The molecule has 24 heavy (non-hydrogen) atoms. The number of likely N-dealkylation sites (tertiary alicyclic amines) is 1. The number of aliphatic hydroxyl groups excluding tert-OH is 1. The fraction of sp³-hybridized carbons (Fsp3) is 0.882. The lowest BCUT2D eigenvalue weighted by atomic mass is 9.95. The van der Waals surface area contributed by atoms with Crippen LogP contribution < -0.4 is 5.32 Å². The second-order valence-electron chi connectivity index (χ2n) is 6.68. The number of guanidine groups is 1. The Balaban J connectivity index is 1.85. The maximum atomic E-state index is 12.6. The summed E-state index contributed by atoms with van der Waals surface area (Å²) >= 11 is 0. The lowest BCUT2D eigenvalue weighted by molar-refractivity contribution is -0.140. The molecule has 0 spiro atoms. The Morgan fingerprint density at radius 3 is 2.50 bits per heavy atom. The predicted molar refractivity (Wildman–Crippen MR) is 93.9 cm³/mol. The molecule has 2 fully saturated rings. The van der Waals surface area contributed by atoms with Crippen LogP contribution in [0.5, 0.6) is 0 Å². The average Bonchev–Trinajstić information content (AvgIpc) is 2.65. The fourth-order valence-electron chi connectivity index (χ4n) is 3.11. The highest BCUT2D eigenvalue weighted by atomic mass is 16.5. The number of nitrogens with one attached hydrogen (secondary N) is 1. The summed E-state index contributed by atoms with van der Waals surface area (Å²) in [5.74, 6) is 1.47. The summed E-state index contributed by atoms with van der Waals surface area (Å²) in [6.45, 7) is 10.1. The summed E-state index contributed by atoms with van der Waals surface area (Å²) in [5, 5.41) is 12.5. The molecule has 2 saturated heterocycles. The number of hydrogen-bond donors (Lipinski definition) is 2. The van der Waals surface area contributed by atoms with Gasteiger partial charge in [-0.2, -0.15) is 0 Å². The first-order chi connectivity index (χ1) is 11.7. The van der Waals surface area contributed by atoms with Gasteiger partial charge in [0.25, 0.3) is 0 Å². The lowest BCUT2D eigenvalue weighted by Gasteiger charge is -2.36. The first kappa shape index (κ1) is 19.0. The van der Waals surface area contributed by atoms with E-state index in [2.05, 4.69) is 22.1 Å². The molecule has 0 aromatic heterocycles. The van der Waals surface area contributed by atoms with E-state index in [9.17, 15) is 4.79 Å². The summed E-state index contributed by atoms with van der Waals surface area (Å²) in [4.78, 5) is 21.4. The predicted octanol–water partition coefficient (Wildman–Crippen LogP) is 0.151. The van der Waals surface area contributed by atoms with Gasteiger partial charge in [-0.05, 0) is 25.7 Å². The number of carbonyl (C=O) groups is 1. The average molecular weight is 340 g/mol. The highest BCUT2D eigenvalue weighted by Crippen LogP contribution is 2.20. The van der Waals surface area contributed by atoms with E-state index in [0.29, 0.717) is 19.8 Å². The van der Waals surface area contributed by atoms with E-state index in [-0.39, 0.29) is 24.3 Å². The number of hydrogen-bond acceptors (Lipinski definition) is 4. The van der Waals surface area contributed by atoms with Crippen LogP contribution in [0.25, 0.3) is 0 Å². The van der Waals surface area contributed by atoms with Gasteiger partial charge in [-0.3, -0.25) is 9.79 Å². The lowest BCUT2D eigenvalue weighted by Crippen LogP contribution is -2.50. The van der Waals surface area contributed by atoms with Crippen molar-refractivity contribution in [3.8, 4) is 0 Å². The first-order valence-electron chi connectivity index (χ1n) is 9.16. The summed E-state index contributed by atoms with van der Waals surface area (Å²) in [6.07, 6.45) is 1.74. The van der Waals surface area contributed by atoms with Crippen LogP contribution in [0.15, 0.2) is 4.99 Å². The monoisotopic (exact) mass is 340 g/mol. The van der Waals surface area contributed by atoms with Crippen molar-refractivity contribution >= 4 is 11.9 Å². The molecule has 2 heterocycles. The van der Waals surface area contributed by atoms with Crippen molar-refractivity contribution in [3.05, 3.63) is 0 Å². The number of amides is 1. The van der Waals surface area contributed by atoms with Crippen LogP contribution in [0.2, 0.25) is 0 Å². The molecule has 7 nitrogen and oxygen atoms in total. The minimum absolute atomic E-state index is 0.124. The largest absolute Gasteiger partial charge is 0.396 e. The third kappa shape index (κ3) is 5.34. The van der Waals surface area contributed by atoms with Crippen molar-refractivity contribution in [2.45, 2.75) is 26.7 Å². The van der Waals surface area contributed by atoms with E-state index < -0.39 is 0 Å². The van der Waals surface area contributed by atoms with E-state index in [1.54, 1.807) is 0 Å². The second-order valence-corrected chi connectivity index (χ2v) is 6.68. The Morgan fingerprint density at radius 2 is 1.92 bits per heavy atom. The summed E-state index contributed by atoms with van der Waals surface area (Å²) < 4.78 is 5.32. The zero-order valence-electron chi connectivity index (χ0n) is 15.0. The van der Waals surface area contributed by atoms with E-state index >= 15 is 0 Å². The standard InChI is InChI=1S/C17H32N4O3/c1-3-18-17(19-12-14(2)13-22)21-6-4-15(5-7-21)16(23)20-8-10-24-11-9-20/h14-15,22H,3-13H2,1-2H3,(H,18,19). The van der Waals surface area contributed by atoms with Crippen LogP contribution in [-0.4, -0.2) is 85.9 Å². The molecule has 2 N–H and O–H groups in total. The topological polar surface area (TPSA) is 77.4 Å². The zero-order valence-corrected chi connectivity index (χ0v) is 15.0. The maximum absolute atomic E-state index is 12.6. The Labute approximate surface area is 145 Å². The van der Waals surface area contributed by atoms with Crippen LogP contribution in [-0.2, 0) is 9.53 Å². The Morgan fingerprint density at radius 1 is 1.25 bits per heavy atom. The van der Waals surface area contributed by atoms with Crippen molar-refractivity contribution in [3.63, 3.8) is 0 Å². The molecule has 2 aliphatic heterocycles. The second kappa shape index (κ2) is 9.84. The van der Waals surface area contributed by atoms with Gasteiger partial charge < -0.3 is 25.0 Å². The number of aliphatic imine (C=N–C) groups is 1. The number of carbonyl (C=O) groups excluding carboxylic acids is 1. The summed E-state index contributed by atoms with van der Waals surface area (Å²) in [7, 11) is 0. The van der Waals surface area contributed by atoms with Crippen LogP contribution in [0, 0.1) is 11.8 Å². The smallest absolute Gasteiger partial charge is 0.225 e. The molecule has 2 aliphatic rings. The zero-order chi connectivity index (χ0) is 17.4. The van der Waals surface area contributed by atoms with Gasteiger partial charge in [0, 0.05) is 51.8 Å². The van der Waals surface area contributed by atoms with Crippen molar-refractivity contribution in [2.24, 2.45) is 16.8 Å². The molecule has 0 aromatic rings. The maximum Gasteiger partial charge on any atom is 0.225 e. The normalized spacial score (nSPS) is 21.7. The molecule has 138 valence electrons. The van der Waals surface area contributed by atoms with Crippen LogP contribution in [0.1, 0.15) is 26.7 Å². The minimum Gasteiger partial charge on any atom is -0.396 e. The summed E-state index contributed by atoms with van der Waals surface area (Å²) in [5.41, 5.74) is 0. The Bertz CT molecular complexity index is 416. The van der Waals surface area contributed by atoms with Crippen molar-refractivity contribution in [1.82, 2.24) is 15.1 Å². The van der Waals surface area contributed by atoms with Crippen molar-refractivity contribution in [2.75, 3.05) is 59.1 Å². The van der Waals surface area contributed by atoms with Crippen molar-refractivity contribution in [1.29, 1.82) is 0 Å². The van der Waals surface area contributed by atoms with Crippen LogP contribution in [0.3, 0.4) is 0 Å². The highest BCUT2D eigenvalue weighted by molar-refractivity contribution is 5.81. The first-order valence-corrected chi connectivity index (χ1v) is 9.16. The SMILES string of the molecule is CCNC(=NCC(C)CO)N1CCC(C(=O)N2CCOCC2)CC1. The van der Waals surface area contributed by atoms with Crippen molar-refractivity contribution < 1.29 is 14.6 Å². The van der Waals surface area contributed by atoms with E-state index in [4.69, 9.17) is 9.84 Å². The number of rotatable bonds is 5. The van der Waals surface area contributed by atoms with Gasteiger partial charge in [-0.1, -0.05) is 6.92 Å². The molecular formula is C17H32N4O3. The molecule has 0 aromatic carbocycles. The molecule has 0 radical (unpaired) electrons. The van der Waals surface area contributed by atoms with Crippen LogP contribution >= 0.6 is 0 Å². The van der Waals surface area contributed by atoms with Gasteiger partial charge in [-0.25, -0.2) is 0 Å². The Kier molecular flexibility index (Phi) is 7.78. The third-order valence-corrected chi connectivity index (χ3v) is 4.67. The van der Waals surface area contributed by atoms with Gasteiger partial charge in [0.1, 0.15) is 0 Å². The molecule has 1 atom stereocenters. The highest BCUT2D eigenvalue weighted by Gasteiger charge is 2.30. The number of piperidine rings is 1. The van der Waals surface area contributed by atoms with E-state index in [1.807, 2.05) is 11.8 Å². The van der Waals surface area contributed by atoms with Gasteiger partial charge in [0.05, 0.1) is 13.2 Å². The van der Waals surface area contributed by atoms with E-state index in [0.717, 1.165) is 51.5 Å². The van der Waals surface area contributed by atoms with Crippen LogP contribution in [0.4, 0.5) is 0 Å². The molecule has 0 aliphatic carbocycles. The molecule has 2 rings (SSSR count). The van der Waals surface area contributed by atoms with Gasteiger partial charge in [-0.15, -0.1) is 0 Å². The van der Waals surface area contributed by atoms with Gasteiger partial charge >= 0.3 is 0 Å². The summed E-state index contributed by atoms with van der Waals surface area (Å²) in [6, 6.07) is 0. The molecule has 1 amide bonds. The number of nitrogens with zero attached hydrogens (tertiary/aromatic N) is 3. The Hall–Kier alpha value is -1.34. The number of morpholine rings is 1. The van der Waals surface area contributed by atoms with Gasteiger partial charge in [0.15, 0.2) is 5.96 Å². The fourth-order valence-corrected chi connectivity index (χ4v) is 3.11. The molecule has 0 bridgehead atoms. The third-order valence-electron chi connectivity index (χ3n) is 4.67. The van der Waals surface area contributed by atoms with E-state index in [1.165, 1.54) is 0 Å². The molecular weight excluding hydrogens is 308 g/mol. The number of aliphatic hydroxyl groups is 1. The minimum atomic E-state index is 0.124. The van der Waals surface area contributed by atoms with Gasteiger partial charge in [0.2, 0.25) is 5.91 Å². The molecule has 7 heteroatoms. The molecule has 0 saturated carbocycles.